The van der Waals surface area contributed by atoms with Crippen molar-refractivity contribution in [3.8, 4) is 0 Å². The van der Waals surface area contributed by atoms with E-state index in [0.717, 1.165) is 141 Å². The highest BCUT2D eigenvalue weighted by Gasteiger charge is 2.17. The highest BCUT2D eigenvalue weighted by molar-refractivity contribution is 5.70. The summed E-state index contributed by atoms with van der Waals surface area (Å²) in [5, 5.41) is 0. The van der Waals surface area contributed by atoms with E-state index in [0.29, 0.717) is 19.4 Å². The van der Waals surface area contributed by atoms with Gasteiger partial charge >= 0.3 is 11.9 Å². The van der Waals surface area contributed by atoms with Crippen molar-refractivity contribution in [3.63, 3.8) is 0 Å². The molecule has 0 amide bonds. The van der Waals surface area contributed by atoms with Crippen LogP contribution in [0.25, 0.3) is 0 Å². The van der Waals surface area contributed by atoms with Gasteiger partial charge in [-0.3, -0.25) is 9.59 Å². The first-order valence-corrected chi connectivity index (χ1v) is 25.4. The molecule has 1 atom stereocenters. The first-order chi connectivity index (χ1) is 31.6. The predicted octanol–water partition coefficient (Wildman–Crippen LogP) is 17.3. The molecule has 358 valence electrons. The van der Waals surface area contributed by atoms with E-state index in [2.05, 4.69) is 161 Å². The zero-order valence-corrected chi connectivity index (χ0v) is 41.0. The predicted molar refractivity (Wildman–Crippen MR) is 278 cm³/mol. The van der Waals surface area contributed by atoms with E-state index in [4.69, 9.17) is 14.2 Å². The largest absolute Gasteiger partial charge is 0.462 e. The lowest BCUT2D eigenvalue weighted by Crippen LogP contribution is -2.30. The van der Waals surface area contributed by atoms with Crippen LogP contribution >= 0.6 is 0 Å². The molecule has 0 radical (unpaired) electrons. The minimum atomic E-state index is -0.606. The van der Waals surface area contributed by atoms with Gasteiger partial charge in [0.05, 0.1) is 6.61 Å². The summed E-state index contributed by atoms with van der Waals surface area (Å²) in [6.45, 7) is 7.30. The molecule has 0 aromatic rings. The van der Waals surface area contributed by atoms with Gasteiger partial charge in [-0.2, -0.15) is 0 Å². The standard InChI is InChI=1S/C59H92O5/c1-4-7-10-13-16-19-22-25-27-28-29-30-31-33-36-39-42-45-48-51-54-62-55-57(64-59(61)53-50-47-44-41-38-34-24-21-18-15-12-9-6-3)56-63-58(60)52-49-46-43-40-37-35-32-26-23-20-17-14-11-8-5-2/h7-12,16-21,25-27,29-30,32-34,36,38,44,47,57H,4-6,13-15,22-24,28,31,35,37,39-43,45-46,48-56H2,1-3H3/b10-7-,11-8-,12-9-,19-16-,20-17-,21-18-,27-25-,30-29-,32-26-,36-33-,38-34-,47-44-. The number of hydrogen-bond acceptors (Lipinski definition) is 5. The lowest BCUT2D eigenvalue weighted by molar-refractivity contribution is -0.162. The molecule has 0 fully saturated rings. The summed E-state index contributed by atoms with van der Waals surface area (Å²) < 4.78 is 17.3. The maximum absolute atomic E-state index is 12.7. The van der Waals surface area contributed by atoms with Crippen LogP contribution in [0.5, 0.6) is 0 Å². The van der Waals surface area contributed by atoms with Gasteiger partial charge in [0.2, 0.25) is 0 Å². The van der Waals surface area contributed by atoms with Crippen molar-refractivity contribution in [2.45, 2.75) is 194 Å². The Balaban J connectivity index is 4.45. The Kier molecular flexibility index (Phi) is 49.6. The summed E-state index contributed by atoms with van der Waals surface area (Å²) in [6, 6.07) is 0. The van der Waals surface area contributed by atoms with E-state index in [1.165, 1.54) is 6.42 Å². The molecule has 0 rings (SSSR count). The average Bonchev–Trinajstić information content (AvgIpc) is 3.30. The van der Waals surface area contributed by atoms with Crippen molar-refractivity contribution in [3.05, 3.63) is 146 Å². The van der Waals surface area contributed by atoms with E-state index in [-0.39, 0.29) is 31.6 Å². The van der Waals surface area contributed by atoms with Crippen molar-refractivity contribution >= 4 is 11.9 Å². The molecule has 0 aliphatic rings. The molecule has 5 heteroatoms. The third-order valence-electron chi connectivity index (χ3n) is 9.86. The zero-order valence-electron chi connectivity index (χ0n) is 41.0. The molecule has 0 saturated carbocycles. The Morgan fingerprint density at radius 2 is 0.688 bits per heavy atom. The molecule has 0 bridgehead atoms. The topological polar surface area (TPSA) is 61.8 Å². The van der Waals surface area contributed by atoms with Gasteiger partial charge in [-0.1, -0.05) is 199 Å². The van der Waals surface area contributed by atoms with Crippen molar-refractivity contribution < 1.29 is 23.8 Å². The molecule has 0 saturated heterocycles. The quantitative estimate of drug-likeness (QED) is 0.0347. The fraction of sp³-hybridized carbons (Fsp3) is 0.559. The molecule has 0 aliphatic heterocycles. The van der Waals surface area contributed by atoms with Gasteiger partial charge in [0.25, 0.3) is 0 Å². The summed E-state index contributed by atoms with van der Waals surface area (Å²) >= 11 is 0. The minimum absolute atomic E-state index is 0.0265. The number of hydrogen-bond donors (Lipinski definition) is 0. The first-order valence-electron chi connectivity index (χ1n) is 25.4. The monoisotopic (exact) mass is 881 g/mol. The van der Waals surface area contributed by atoms with E-state index in [1.807, 2.05) is 6.08 Å². The molecule has 0 N–H and O–H groups in total. The fourth-order valence-electron chi connectivity index (χ4n) is 6.21. The van der Waals surface area contributed by atoms with E-state index >= 15 is 0 Å². The third-order valence-corrected chi connectivity index (χ3v) is 9.86. The van der Waals surface area contributed by atoms with E-state index in [9.17, 15) is 9.59 Å². The minimum Gasteiger partial charge on any atom is -0.462 e. The summed E-state index contributed by atoms with van der Waals surface area (Å²) in [6.07, 6.45) is 77.3. The van der Waals surface area contributed by atoms with Gasteiger partial charge in [-0.25, -0.2) is 0 Å². The van der Waals surface area contributed by atoms with Crippen LogP contribution in [0, 0.1) is 0 Å². The number of rotatable bonds is 44. The lowest BCUT2D eigenvalue weighted by Gasteiger charge is -2.18. The fourth-order valence-corrected chi connectivity index (χ4v) is 6.21. The smallest absolute Gasteiger partial charge is 0.306 e. The molecule has 0 heterocycles. The van der Waals surface area contributed by atoms with E-state index in [1.54, 1.807) is 0 Å². The molecule has 0 spiro atoms. The molecule has 1 unspecified atom stereocenters. The van der Waals surface area contributed by atoms with Crippen LogP contribution in [-0.2, 0) is 23.8 Å². The number of carbonyl (C=O) groups excluding carboxylic acids is 2. The summed E-state index contributed by atoms with van der Waals surface area (Å²) in [5.41, 5.74) is 0. The molecule has 0 aromatic heterocycles. The van der Waals surface area contributed by atoms with E-state index < -0.39 is 6.10 Å². The Hall–Kier alpha value is -4.22. The average molecular weight is 881 g/mol. The second kappa shape index (κ2) is 53.1. The van der Waals surface area contributed by atoms with Crippen LogP contribution in [0.2, 0.25) is 0 Å². The molecule has 0 aliphatic carbocycles. The third kappa shape index (κ3) is 50.4. The van der Waals surface area contributed by atoms with Crippen LogP contribution in [-0.4, -0.2) is 37.9 Å². The highest BCUT2D eigenvalue weighted by atomic mass is 16.6. The van der Waals surface area contributed by atoms with Crippen molar-refractivity contribution in [2.24, 2.45) is 0 Å². The molecule has 64 heavy (non-hydrogen) atoms. The number of ether oxygens (including phenoxy) is 3. The second-order valence-corrected chi connectivity index (χ2v) is 15.9. The normalized spacial score (nSPS) is 13.5. The molecular weight excluding hydrogens is 789 g/mol. The van der Waals surface area contributed by atoms with Crippen LogP contribution in [0.15, 0.2) is 146 Å². The van der Waals surface area contributed by atoms with Crippen molar-refractivity contribution in [2.75, 3.05) is 19.8 Å². The van der Waals surface area contributed by atoms with Crippen LogP contribution in [0.4, 0.5) is 0 Å². The van der Waals surface area contributed by atoms with Gasteiger partial charge in [0.1, 0.15) is 6.61 Å². The Labute approximate surface area is 393 Å². The zero-order chi connectivity index (χ0) is 46.3. The van der Waals surface area contributed by atoms with Crippen LogP contribution in [0.3, 0.4) is 0 Å². The SMILES string of the molecule is CC/C=C\C/C=C\C/C=C\C/C=C\C/C=C\CCCCCCOCC(COC(=O)CCCCCCC/C=C\C/C=C\C/C=C\CC)OC(=O)CC/C=C\C/C=C\C/C=C\C/C=C\CC. The lowest BCUT2D eigenvalue weighted by atomic mass is 10.1. The maximum Gasteiger partial charge on any atom is 0.306 e. The Morgan fingerprint density at radius 3 is 1.11 bits per heavy atom. The van der Waals surface area contributed by atoms with Crippen molar-refractivity contribution in [1.82, 2.24) is 0 Å². The van der Waals surface area contributed by atoms with Crippen LogP contribution < -0.4 is 0 Å². The molecule has 0 aromatic carbocycles. The highest BCUT2D eigenvalue weighted by Crippen LogP contribution is 2.11. The number of esters is 2. The van der Waals surface area contributed by atoms with Gasteiger partial charge in [-0.15, -0.1) is 0 Å². The van der Waals surface area contributed by atoms with Gasteiger partial charge < -0.3 is 14.2 Å². The Bertz CT molecular complexity index is 1410. The molecule has 5 nitrogen and oxygen atoms in total. The summed E-state index contributed by atoms with van der Waals surface area (Å²) in [5.74, 6) is -0.539. The first kappa shape index (κ1) is 59.8. The second-order valence-electron chi connectivity index (χ2n) is 15.9. The van der Waals surface area contributed by atoms with Gasteiger partial charge in [-0.05, 0) is 122 Å². The molecular formula is C59H92O5. The number of unbranched alkanes of at least 4 members (excludes halogenated alkanes) is 9. The van der Waals surface area contributed by atoms with Gasteiger partial charge in [0.15, 0.2) is 6.10 Å². The van der Waals surface area contributed by atoms with Crippen molar-refractivity contribution in [1.29, 1.82) is 0 Å². The van der Waals surface area contributed by atoms with Gasteiger partial charge in [0, 0.05) is 19.4 Å². The summed E-state index contributed by atoms with van der Waals surface area (Å²) in [4.78, 5) is 25.3. The Morgan fingerprint density at radius 1 is 0.344 bits per heavy atom. The maximum atomic E-state index is 12.7. The number of carbonyl (C=O) groups is 2. The number of allylic oxidation sites excluding steroid dienone is 24. The summed E-state index contributed by atoms with van der Waals surface area (Å²) in [7, 11) is 0. The van der Waals surface area contributed by atoms with Crippen LogP contribution in [0.1, 0.15) is 188 Å².